The molecule has 32 heavy (non-hydrogen) atoms. The summed E-state index contributed by atoms with van der Waals surface area (Å²) in [7, 11) is 1.84. The number of carboxylic acid groups (broad SMARTS) is 2. The van der Waals surface area contributed by atoms with Crippen LogP contribution in [-0.2, 0) is 9.59 Å². The second kappa shape index (κ2) is 8.76. The molecule has 0 spiro atoms. The van der Waals surface area contributed by atoms with Gasteiger partial charge < -0.3 is 31.9 Å². The Bertz CT molecular complexity index is 1210. The number of carbonyl (C=O) groups excluding carboxylic acids is 1. The summed E-state index contributed by atoms with van der Waals surface area (Å²) in [5.41, 5.74) is 15.0. The van der Waals surface area contributed by atoms with E-state index in [1.54, 1.807) is 18.2 Å². The standard InChI is InChI=1S/C21H22N6O5/c1-10-15(8-7-13-17(10)18(22)26-21(23)25-13)27(2)12-5-3-11(4-6-12)19(30)24-14(20(31)32)9-16(28)29/h3-8,14H,9H2,1-2H3,(H,24,30)(H,28,29)(H,31,32)(H4,22,23,25,26)/t14-/m0/s1. The van der Waals surface area contributed by atoms with Crippen LogP contribution in [0.15, 0.2) is 36.4 Å². The molecule has 166 valence electrons. The van der Waals surface area contributed by atoms with Crippen LogP contribution in [0, 0.1) is 6.92 Å². The fourth-order valence-corrected chi connectivity index (χ4v) is 3.39. The van der Waals surface area contributed by atoms with Crippen LogP contribution in [0.2, 0.25) is 0 Å². The Labute approximate surface area is 182 Å². The highest BCUT2D eigenvalue weighted by atomic mass is 16.4. The molecule has 0 unspecified atom stereocenters. The minimum atomic E-state index is -1.52. The van der Waals surface area contributed by atoms with Crippen molar-refractivity contribution in [1.82, 2.24) is 15.3 Å². The van der Waals surface area contributed by atoms with Crippen LogP contribution in [0.1, 0.15) is 22.3 Å². The summed E-state index contributed by atoms with van der Waals surface area (Å²) in [6, 6.07) is 8.56. The summed E-state index contributed by atoms with van der Waals surface area (Å²) in [4.78, 5) is 44.4. The number of carboxylic acids is 2. The third-order valence-electron chi connectivity index (χ3n) is 5.00. The number of hydrogen-bond acceptors (Lipinski definition) is 8. The van der Waals surface area contributed by atoms with Crippen molar-refractivity contribution in [3.05, 3.63) is 47.5 Å². The number of nitrogens with two attached hydrogens (primary N) is 2. The quantitative estimate of drug-likeness (QED) is 0.362. The minimum absolute atomic E-state index is 0.0952. The number of fused-ring (bicyclic) bond motifs is 1. The van der Waals surface area contributed by atoms with Crippen LogP contribution in [-0.4, -0.2) is 51.1 Å². The number of nitrogens with one attached hydrogen (secondary N) is 1. The number of aryl methyl sites for hydroxylation is 1. The van der Waals surface area contributed by atoms with Gasteiger partial charge in [0.05, 0.1) is 11.9 Å². The fourth-order valence-electron chi connectivity index (χ4n) is 3.39. The Morgan fingerprint density at radius 2 is 1.72 bits per heavy atom. The Hall–Kier alpha value is -4.41. The topological polar surface area (TPSA) is 185 Å². The SMILES string of the molecule is Cc1c(N(C)c2ccc(C(=O)N[C@@H](CC(=O)O)C(=O)O)cc2)ccc2nc(N)nc(N)c12. The number of amides is 1. The van der Waals surface area contributed by atoms with Gasteiger partial charge in [-0.05, 0) is 48.9 Å². The third kappa shape index (κ3) is 4.51. The predicted octanol–water partition coefficient (Wildman–Crippen LogP) is 1.53. The lowest BCUT2D eigenvalue weighted by molar-refractivity contribution is -0.145. The molecule has 11 nitrogen and oxygen atoms in total. The number of aliphatic carboxylic acids is 2. The summed E-state index contributed by atoms with van der Waals surface area (Å²) < 4.78 is 0. The van der Waals surface area contributed by atoms with E-state index in [2.05, 4.69) is 15.3 Å². The second-order valence-corrected chi connectivity index (χ2v) is 7.14. The molecule has 11 heteroatoms. The first kappa shape index (κ1) is 22.3. The van der Waals surface area contributed by atoms with Crippen molar-refractivity contribution in [2.24, 2.45) is 0 Å². The molecule has 0 bridgehead atoms. The molecular weight excluding hydrogens is 416 g/mol. The largest absolute Gasteiger partial charge is 0.481 e. The maximum absolute atomic E-state index is 12.3. The summed E-state index contributed by atoms with van der Waals surface area (Å²) in [6.07, 6.45) is -0.721. The normalized spacial score (nSPS) is 11.7. The Morgan fingerprint density at radius 1 is 1.06 bits per heavy atom. The van der Waals surface area contributed by atoms with Crippen molar-refractivity contribution >= 4 is 51.9 Å². The lowest BCUT2D eigenvalue weighted by Crippen LogP contribution is -2.42. The van der Waals surface area contributed by atoms with Crippen LogP contribution >= 0.6 is 0 Å². The smallest absolute Gasteiger partial charge is 0.326 e. The van der Waals surface area contributed by atoms with Crippen molar-refractivity contribution in [2.75, 3.05) is 23.4 Å². The van der Waals surface area contributed by atoms with Crippen LogP contribution in [0.3, 0.4) is 0 Å². The molecule has 0 saturated heterocycles. The van der Waals surface area contributed by atoms with Gasteiger partial charge in [0.1, 0.15) is 11.9 Å². The number of carbonyl (C=O) groups is 3. The van der Waals surface area contributed by atoms with E-state index in [1.165, 1.54) is 12.1 Å². The first-order valence-corrected chi connectivity index (χ1v) is 9.50. The van der Waals surface area contributed by atoms with E-state index in [0.717, 1.165) is 16.9 Å². The zero-order valence-electron chi connectivity index (χ0n) is 17.4. The number of nitrogen functional groups attached to an aromatic ring is 2. The van der Waals surface area contributed by atoms with Crippen LogP contribution in [0.25, 0.3) is 10.9 Å². The van der Waals surface area contributed by atoms with Gasteiger partial charge in [-0.25, -0.2) is 9.78 Å². The minimum Gasteiger partial charge on any atom is -0.481 e. The zero-order valence-corrected chi connectivity index (χ0v) is 17.4. The Kier molecular flexibility index (Phi) is 6.10. The molecule has 7 N–H and O–H groups in total. The van der Waals surface area contributed by atoms with Gasteiger partial charge >= 0.3 is 11.9 Å². The highest BCUT2D eigenvalue weighted by Crippen LogP contribution is 2.33. The monoisotopic (exact) mass is 438 g/mol. The summed E-state index contributed by atoms with van der Waals surface area (Å²) >= 11 is 0. The Balaban J connectivity index is 1.84. The average Bonchev–Trinajstić information content (AvgIpc) is 2.72. The lowest BCUT2D eigenvalue weighted by Gasteiger charge is -2.23. The van der Waals surface area contributed by atoms with Crippen LogP contribution in [0.5, 0.6) is 0 Å². The first-order chi connectivity index (χ1) is 15.1. The molecule has 1 aromatic heterocycles. The highest BCUT2D eigenvalue weighted by molar-refractivity contribution is 5.98. The first-order valence-electron chi connectivity index (χ1n) is 9.50. The van der Waals surface area contributed by atoms with E-state index in [0.29, 0.717) is 10.9 Å². The van der Waals surface area contributed by atoms with Crippen LogP contribution < -0.4 is 21.7 Å². The molecule has 0 aliphatic rings. The lowest BCUT2D eigenvalue weighted by atomic mass is 10.1. The van der Waals surface area contributed by atoms with E-state index in [4.69, 9.17) is 21.7 Å². The number of hydrogen-bond donors (Lipinski definition) is 5. The van der Waals surface area contributed by atoms with Gasteiger partial charge in [-0.2, -0.15) is 4.98 Å². The Morgan fingerprint density at radius 3 is 2.31 bits per heavy atom. The van der Waals surface area contributed by atoms with Gasteiger partial charge in [-0.15, -0.1) is 0 Å². The van der Waals surface area contributed by atoms with Gasteiger partial charge in [0, 0.05) is 29.4 Å². The van der Waals surface area contributed by atoms with Gasteiger partial charge in [-0.1, -0.05) is 0 Å². The van der Waals surface area contributed by atoms with E-state index in [-0.39, 0.29) is 17.3 Å². The summed E-state index contributed by atoms with van der Waals surface area (Å²) in [5, 5.41) is 20.8. The van der Waals surface area contributed by atoms with Crippen molar-refractivity contribution < 1.29 is 24.6 Å². The molecule has 3 rings (SSSR count). The number of aromatic nitrogens is 2. The number of benzene rings is 2. The predicted molar refractivity (Wildman–Crippen MR) is 119 cm³/mol. The van der Waals surface area contributed by atoms with Crippen molar-refractivity contribution in [3.8, 4) is 0 Å². The molecular formula is C21H22N6O5. The molecule has 1 heterocycles. The number of anilines is 4. The average molecular weight is 438 g/mol. The molecule has 0 radical (unpaired) electrons. The molecule has 1 atom stereocenters. The maximum Gasteiger partial charge on any atom is 0.326 e. The molecule has 0 fully saturated rings. The fraction of sp³-hybridized carbons (Fsp3) is 0.190. The number of rotatable bonds is 7. The summed E-state index contributed by atoms with van der Waals surface area (Å²) in [5.74, 6) is -3.06. The van der Waals surface area contributed by atoms with E-state index in [9.17, 15) is 14.4 Å². The van der Waals surface area contributed by atoms with E-state index in [1.807, 2.05) is 24.9 Å². The molecule has 1 amide bonds. The van der Waals surface area contributed by atoms with Crippen molar-refractivity contribution in [2.45, 2.75) is 19.4 Å². The molecule has 0 saturated carbocycles. The third-order valence-corrected chi connectivity index (χ3v) is 5.00. The van der Waals surface area contributed by atoms with Gasteiger partial charge in [-0.3, -0.25) is 9.59 Å². The van der Waals surface area contributed by atoms with E-state index >= 15 is 0 Å². The number of nitrogens with zero attached hydrogens (tertiary/aromatic N) is 3. The van der Waals surface area contributed by atoms with Gasteiger partial charge in [0.25, 0.3) is 5.91 Å². The molecule has 3 aromatic rings. The summed E-state index contributed by atoms with van der Waals surface area (Å²) in [6.45, 7) is 1.89. The maximum atomic E-state index is 12.3. The van der Waals surface area contributed by atoms with Crippen LogP contribution in [0.4, 0.5) is 23.1 Å². The zero-order chi connectivity index (χ0) is 23.6. The van der Waals surface area contributed by atoms with Crippen molar-refractivity contribution in [1.29, 1.82) is 0 Å². The van der Waals surface area contributed by atoms with E-state index < -0.39 is 30.3 Å². The second-order valence-electron chi connectivity index (χ2n) is 7.14. The highest BCUT2D eigenvalue weighted by Gasteiger charge is 2.23. The van der Waals surface area contributed by atoms with Crippen molar-refractivity contribution in [3.63, 3.8) is 0 Å². The molecule has 0 aliphatic carbocycles. The molecule has 2 aromatic carbocycles. The van der Waals surface area contributed by atoms with Gasteiger partial charge in [0.2, 0.25) is 5.95 Å². The molecule has 0 aliphatic heterocycles. The van der Waals surface area contributed by atoms with Gasteiger partial charge in [0.15, 0.2) is 0 Å².